The maximum atomic E-state index is 13.7. The lowest BCUT2D eigenvalue weighted by molar-refractivity contribution is 0.0950. The van der Waals surface area contributed by atoms with E-state index in [4.69, 9.17) is 0 Å². The number of hydrogen-bond donors (Lipinski definition) is 1. The molecule has 4 rings (SSSR count). The summed E-state index contributed by atoms with van der Waals surface area (Å²) in [5.74, 6) is -0.497. The van der Waals surface area contributed by atoms with Gasteiger partial charge >= 0.3 is 0 Å². The zero-order valence-corrected chi connectivity index (χ0v) is 15.7. The van der Waals surface area contributed by atoms with Crippen LogP contribution in [0.2, 0.25) is 0 Å². The van der Waals surface area contributed by atoms with Crippen LogP contribution in [0.1, 0.15) is 32.6 Å². The molecule has 1 N–H and O–H groups in total. The Morgan fingerprint density at radius 3 is 2.43 bits per heavy atom. The molecule has 4 heteroatoms. The molecule has 0 saturated carbocycles. The molecule has 28 heavy (non-hydrogen) atoms. The van der Waals surface area contributed by atoms with Crippen molar-refractivity contribution in [2.75, 3.05) is 6.54 Å². The van der Waals surface area contributed by atoms with Crippen LogP contribution < -0.4 is 5.32 Å². The second kappa shape index (κ2) is 8.36. The maximum absolute atomic E-state index is 13.7. The minimum Gasteiger partial charge on any atom is -0.348 e. The van der Waals surface area contributed by atoms with E-state index in [0.29, 0.717) is 11.1 Å². The first-order valence-corrected chi connectivity index (χ1v) is 9.59. The Balaban J connectivity index is 1.34. The Morgan fingerprint density at radius 2 is 1.64 bits per heavy atom. The van der Waals surface area contributed by atoms with E-state index in [1.54, 1.807) is 18.2 Å². The molecule has 3 aromatic carbocycles. The highest BCUT2D eigenvalue weighted by Crippen LogP contribution is 2.20. The molecule has 142 valence electrons. The van der Waals surface area contributed by atoms with Gasteiger partial charge in [0.25, 0.3) is 5.91 Å². The van der Waals surface area contributed by atoms with E-state index in [1.165, 1.54) is 22.8 Å². The van der Waals surface area contributed by atoms with E-state index < -0.39 is 0 Å². The Hall–Kier alpha value is -2.98. The summed E-state index contributed by atoms with van der Waals surface area (Å²) in [6.07, 6.45) is 1.08. The number of hydrogen-bond acceptors (Lipinski definition) is 2. The van der Waals surface area contributed by atoms with Crippen LogP contribution in [0.25, 0.3) is 0 Å². The molecule has 0 aliphatic carbocycles. The second-order valence-electron chi connectivity index (χ2n) is 7.20. The molecule has 1 amide bonds. The third-order valence-corrected chi connectivity index (χ3v) is 5.23. The number of fused-ring (bicyclic) bond motifs is 1. The summed E-state index contributed by atoms with van der Waals surface area (Å²) in [6, 6.07) is 22.8. The van der Waals surface area contributed by atoms with E-state index in [1.807, 2.05) is 24.3 Å². The summed E-state index contributed by atoms with van der Waals surface area (Å²) >= 11 is 0. The highest BCUT2D eigenvalue weighted by Gasteiger charge is 2.16. The van der Waals surface area contributed by atoms with Gasteiger partial charge in [0.1, 0.15) is 5.82 Å². The van der Waals surface area contributed by atoms with E-state index in [9.17, 15) is 9.18 Å². The van der Waals surface area contributed by atoms with E-state index in [0.717, 1.165) is 26.1 Å². The smallest absolute Gasteiger partial charge is 0.251 e. The largest absolute Gasteiger partial charge is 0.348 e. The molecule has 1 aliphatic heterocycles. The number of nitrogens with one attached hydrogen (secondary N) is 1. The lowest BCUT2D eigenvalue weighted by Gasteiger charge is -2.28. The molecular weight excluding hydrogens is 351 g/mol. The predicted octanol–water partition coefficient (Wildman–Crippen LogP) is 4.31. The SMILES string of the molecule is O=C(NCc1ccccc1F)c1ccc(CN2CCc3ccccc3C2)cc1. The quantitative estimate of drug-likeness (QED) is 0.722. The molecule has 0 atom stereocenters. The van der Waals surface area contributed by atoms with Crippen molar-refractivity contribution in [3.8, 4) is 0 Å². The molecule has 0 bridgehead atoms. The van der Waals surface area contributed by atoms with Gasteiger partial charge in [-0.1, -0.05) is 54.6 Å². The standard InChI is InChI=1S/C24H23FN2O/c25-23-8-4-3-6-21(23)15-26-24(28)20-11-9-18(10-12-20)16-27-14-13-19-5-1-2-7-22(19)17-27/h1-12H,13-17H2,(H,26,28). The molecule has 1 heterocycles. The first-order valence-electron chi connectivity index (χ1n) is 9.59. The van der Waals surface area contributed by atoms with Crippen molar-refractivity contribution in [2.24, 2.45) is 0 Å². The van der Waals surface area contributed by atoms with Crippen LogP contribution in [0, 0.1) is 5.82 Å². The number of carbonyl (C=O) groups is 1. The van der Waals surface area contributed by atoms with Crippen LogP contribution in [0.5, 0.6) is 0 Å². The van der Waals surface area contributed by atoms with Gasteiger partial charge in [0.05, 0.1) is 0 Å². The molecule has 0 fully saturated rings. The molecule has 3 aromatic rings. The van der Waals surface area contributed by atoms with Crippen molar-refractivity contribution in [3.05, 3.63) is 106 Å². The number of benzene rings is 3. The van der Waals surface area contributed by atoms with E-state index in [2.05, 4.69) is 34.5 Å². The Labute approximate surface area is 164 Å². The van der Waals surface area contributed by atoms with Crippen molar-refractivity contribution < 1.29 is 9.18 Å². The first kappa shape index (κ1) is 18.4. The third-order valence-electron chi connectivity index (χ3n) is 5.23. The van der Waals surface area contributed by atoms with Gasteiger partial charge in [0, 0.05) is 37.3 Å². The topological polar surface area (TPSA) is 32.3 Å². The summed E-state index contributed by atoms with van der Waals surface area (Å²) < 4.78 is 13.7. The molecule has 0 unspecified atom stereocenters. The van der Waals surface area contributed by atoms with Crippen molar-refractivity contribution in [1.82, 2.24) is 10.2 Å². The molecule has 3 nitrogen and oxygen atoms in total. The number of nitrogens with zero attached hydrogens (tertiary/aromatic N) is 1. The highest BCUT2D eigenvalue weighted by atomic mass is 19.1. The summed E-state index contributed by atoms with van der Waals surface area (Å²) in [5.41, 5.74) is 5.10. The number of amides is 1. The van der Waals surface area contributed by atoms with Crippen LogP contribution in [-0.4, -0.2) is 17.4 Å². The van der Waals surface area contributed by atoms with Crippen LogP contribution >= 0.6 is 0 Å². The lowest BCUT2D eigenvalue weighted by Crippen LogP contribution is -2.30. The van der Waals surface area contributed by atoms with Gasteiger partial charge in [0.2, 0.25) is 0 Å². The zero-order valence-electron chi connectivity index (χ0n) is 15.7. The molecular formula is C24H23FN2O. The fourth-order valence-corrected chi connectivity index (χ4v) is 3.63. The summed E-state index contributed by atoms with van der Waals surface area (Å²) in [7, 11) is 0. The number of halogens is 1. The van der Waals surface area contributed by atoms with Gasteiger partial charge in [-0.05, 0) is 41.3 Å². The maximum Gasteiger partial charge on any atom is 0.251 e. The highest BCUT2D eigenvalue weighted by molar-refractivity contribution is 5.94. The summed E-state index contributed by atoms with van der Waals surface area (Å²) in [6.45, 7) is 3.05. The average Bonchev–Trinajstić information content (AvgIpc) is 2.73. The Kier molecular flexibility index (Phi) is 5.49. The fraction of sp³-hybridized carbons (Fsp3) is 0.208. The van der Waals surface area contributed by atoms with Gasteiger partial charge in [-0.3, -0.25) is 9.69 Å². The molecule has 1 aliphatic rings. The molecule has 0 saturated heterocycles. The van der Waals surface area contributed by atoms with Gasteiger partial charge in [-0.15, -0.1) is 0 Å². The van der Waals surface area contributed by atoms with Crippen molar-refractivity contribution in [3.63, 3.8) is 0 Å². The minimum atomic E-state index is -0.304. The van der Waals surface area contributed by atoms with Gasteiger partial charge in [-0.2, -0.15) is 0 Å². The molecule has 0 spiro atoms. The van der Waals surface area contributed by atoms with Crippen molar-refractivity contribution in [1.29, 1.82) is 0 Å². The summed E-state index contributed by atoms with van der Waals surface area (Å²) in [5, 5.41) is 2.78. The van der Waals surface area contributed by atoms with Crippen LogP contribution in [0.15, 0.2) is 72.8 Å². The van der Waals surface area contributed by atoms with Crippen LogP contribution in [-0.2, 0) is 26.1 Å². The Bertz CT molecular complexity index is 968. The van der Waals surface area contributed by atoms with Gasteiger partial charge in [-0.25, -0.2) is 4.39 Å². The average molecular weight is 374 g/mol. The molecule has 0 aromatic heterocycles. The number of rotatable bonds is 5. The van der Waals surface area contributed by atoms with Gasteiger partial charge < -0.3 is 5.32 Å². The van der Waals surface area contributed by atoms with E-state index in [-0.39, 0.29) is 18.3 Å². The molecule has 0 radical (unpaired) electrons. The van der Waals surface area contributed by atoms with E-state index >= 15 is 0 Å². The first-order chi connectivity index (χ1) is 13.7. The number of carbonyl (C=O) groups excluding carboxylic acids is 1. The third kappa shape index (κ3) is 4.29. The fourth-order valence-electron chi connectivity index (χ4n) is 3.63. The second-order valence-corrected chi connectivity index (χ2v) is 7.20. The summed E-state index contributed by atoms with van der Waals surface area (Å²) in [4.78, 5) is 14.8. The normalized spacial score (nSPS) is 13.8. The van der Waals surface area contributed by atoms with Gasteiger partial charge in [0.15, 0.2) is 0 Å². The van der Waals surface area contributed by atoms with Crippen LogP contribution in [0.3, 0.4) is 0 Å². The Morgan fingerprint density at radius 1 is 0.929 bits per heavy atom. The van der Waals surface area contributed by atoms with Crippen molar-refractivity contribution in [2.45, 2.75) is 26.1 Å². The minimum absolute atomic E-state index is 0.181. The monoisotopic (exact) mass is 374 g/mol. The lowest BCUT2D eigenvalue weighted by atomic mass is 9.99. The zero-order chi connectivity index (χ0) is 19.3. The predicted molar refractivity (Wildman–Crippen MR) is 108 cm³/mol. The van der Waals surface area contributed by atoms with Crippen LogP contribution in [0.4, 0.5) is 4.39 Å². The van der Waals surface area contributed by atoms with Crippen molar-refractivity contribution >= 4 is 5.91 Å².